The van der Waals surface area contributed by atoms with Gasteiger partial charge in [0, 0.05) is 37.1 Å². The minimum atomic E-state index is -0.624. The second-order valence-electron chi connectivity index (χ2n) is 10.9. The molecule has 1 N–H and O–H groups in total. The van der Waals surface area contributed by atoms with Crippen molar-refractivity contribution in [1.82, 2.24) is 19.9 Å². The van der Waals surface area contributed by atoms with Crippen LogP contribution in [0.15, 0.2) is 77.3 Å². The molecular formula is C33H32N6O5. The Morgan fingerprint density at radius 3 is 2.68 bits per heavy atom. The number of aromatic nitrogens is 3. The van der Waals surface area contributed by atoms with Crippen LogP contribution in [-0.2, 0) is 20.9 Å². The number of amides is 2. The van der Waals surface area contributed by atoms with E-state index in [9.17, 15) is 9.59 Å². The number of carbonyl (C=O) groups is 2. The van der Waals surface area contributed by atoms with Gasteiger partial charge in [0.2, 0.25) is 11.6 Å². The lowest BCUT2D eigenvalue weighted by Gasteiger charge is -2.33. The number of morpholine rings is 1. The number of anilines is 2. The van der Waals surface area contributed by atoms with Crippen LogP contribution in [-0.4, -0.2) is 70.7 Å². The molecular weight excluding hydrogens is 560 g/mol. The quantitative estimate of drug-likeness (QED) is 0.276. The predicted octanol–water partition coefficient (Wildman–Crippen LogP) is 5.40. The van der Waals surface area contributed by atoms with Gasteiger partial charge in [-0.2, -0.15) is 0 Å². The van der Waals surface area contributed by atoms with Crippen LogP contribution in [0.1, 0.15) is 24.8 Å². The van der Waals surface area contributed by atoms with Crippen LogP contribution in [0.4, 0.5) is 16.3 Å². The summed E-state index contributed by atoms with van der Waals surface area (Å²) in [4.78, 5) is 44.4. The summed E-state index contributed by atoms with van der Waals surface area (Å²) >= 11 is 0. The Kier molecular flexibility index (Phi) is 7.76. The number of carbonyl (C=O) groups excluding carboxylic acids is 2. The lowest BCUT2D eigenvalue weighted by Crippen LogP contribution is -2.50. The number of piperidine rings is 1. The fourth-order valence-electron chi connectivity index (χ4n) is 5.77. The second kappa shape index (κ2) is 12.3. The molecule has 224 valence electrons. The zero-order valence-electron chi connectivity index (χ0n) is 24.1. The summed E-state index contributed by atoms with van der Waals surface area (Å²) in [6, 6.07) is 20.1. The van der Waals surface area contributed by atoms with Gasteiger partial charge in [-0.05, 0) is 49.1 Å². The summed E-state index contributed by atoms with van der Waals surface area (Å²) in [5, 5.41) is 3.83. The highest BCUT2D eigenvalue weighted by Gasteiger charge is 2.33. The standard InChI is InChI=1S/C33H32N6O5/c40-31(26-13-4-5-15-39(26)33(41)43-21-22-8-2-1-3-9-22)35-24-11-6-10-23(20-24)29-36-27-25-12-7-14-34-32(25)44-28(27)30(37-29)38-16-18-42-19-17-38/h1-3,6-12,14,20,26H,4-5,13,15-19,21H2,(H,35,40). The third kappa shape index (κ3) is 5.66. The Hall–Kier alpha value is -5.03. The van der Waals surface area contributed by atoms with E-state index in [-0.39, 0.29) is 12.5 Å². The van der Waals surface area contributed by atoms with Crippen molar-refractivity contribution in [1.29, 1.82) is 0 Å². The van der Waals surface area contributed by atoms with E-state index in [0.29, 0.717) is 73.4 Å². The highest BCUT2D eigenvalue weighted by Crippen LogP contribution is 2.35. The van der Waals surface area contributed by atoms with E-state index in [1.807, 2.05) is 66.7 Å². The molecule has 44 heavy (non-hydrogen) atoms. The number of rotatable bonds is 6. The second-order valence-corrected chi connectivity index (χ2v) is 10.9. The van der Waals surface area contributed by atoms with Crippen LogP contribution >= 0.6 is 0 Å². The average molecular weight is 593 g/mol. The van der Waals surface area contributed by atoms with Gasteiger partial charge in [-0.1, -0.05) is 42.5 Å². The molecule has 11 nitrogen and oxygen atoms in total. The molecule has 2 fully saturated rings. The molecule has 1 atom stereocenters. The van der Waals surface area contributed by atoms with E-state index in [4.69, 9.17) is 23.9 Å². The van der Waals surface area contributed by atoms with Gasteiger partial charge in [0.05, 0.1) is 18.6 Å². The first-order valence-electron chi connectivity index (χ1n) is 14.9. The molecule has 2 amide bonds. The molecule has 11 heteroatoms. The number of hydrogen-bond acceptors (Lipinski definition) is 9. The number of benzene rings is 2. The van der Waals surface area contributed by atoms with E-state index in [1.165, 1.54) is 4.90 Å². The van der Waals surface area contributed by atoms with Crippen LogP contribution in [0.5, 0.6) is 0 Å². The van der Waals surface area contributed by atoms with Gasteiger partial charge in [-0.25, -0.2) is 19.7 Å². The summed E-state index contributed by atoms with van der Waals surface area (Å²) in [6.45, 7) is 3.18. The van der Waals surface area contributed by atoms with Crippen molar-refractivity contribution >= 4 is 45.7 Å². The first-order valence-corrected chi connectivity index (χ1v) is 14.9. The Labute approximate surface area is 253 Å². The van der Waals surface area contributed by atoms with Crippen LogP contribution in [0.3, 0.4) is 0 Å². The number of hydrogen-bond donors (Lipinski definition) is 1. The Bertz CT molecular complexity index is 1800. The summed E-state index contributed by atoms with van der Waals surface area (Å²) in [5.74, 6) is 0.939. The van der Waals surface area contributed by atoms with E-state index in [0.717, 1.165) is 29.4 Å². The topological polar surface area (TPSA) is 123 Å². The van der Waals surface area contributed by atoms with Crippen LogP contribution in [0.2, 0.25) is 0 Å². The van der Waals surface area contributed by atoms with E-state index in [2.05, 4.69) is 15.2 Å². The zero-order chi connectivity index (χ0) is 29.9. The van der Waals surface area contributed by atoms with Crippen molar-refractivity contribution in [3.05, 3.63) is 78.5 Å². The largest absolute Gasteiger partial charge is 0.445 e. The van der Waals surface area contributed by atoms with Crippen LogP contribution in [0, 0.1) is 0 Å². The molecule has 5 aromatic rings. The van der Waals surface area contributed by atoms with Gasteiger partial charge in [-0.15, -0.1) is 0 Å². The normalized spacial score (nSPS) is 17.1. The molecule has 0 radical (unpaired) electrons. The minimum absolute atomic E-state index is 0.158. The molecule has 0 aliphatic carbocycles. The van der Waals surface area contributed by atoms with Gasteiger partial charge in [-0.3, -0.25) is 9.69 Å². The highest BCUT2D eigenvalue weighted by atomic mass is 16.6. The van der Waals surface area contributed by atoms with Crippen LogP contribution < -0.4 is 10.2 Å². The van der Waals surface area contributed by atoms with Crippen molar-refractivity contribution in [2.24, 2.45) is 0 Å². The summed E-state index contributed by atoms with van der Waals surface area (Å²) in [7, 11) is 0. The highest BCUT2D eigenvalue weighted by molar-refractivity contribution is 6.05. The van der Waals surface area contributed by atoms with Gasteiger partial charge < -0.3 is 24.1 Å². The summed E-state index contributed by atoms with van der Waals surface area (Å²) < 4.78 is 17.3. The van der Waals surface area contributed by atoms with E-state index < -0.39 is 12.1 Å². The molecule has 5 heterocycles. The SMILES string of the molecule is O=C(Nc1cccc(-c2nc(N3CCOCC3)c3oc4ncccc4c3n2)c1)C1CCCCN1C(=O)OCc1ccccc1. The third-order valence-electron chi connectivity index (χ3n) is 8.02. The van der Waals surface area contributed by atoms with Gasteiger partial charge in [0.15, 0.2) is 17.2 Å². The number of nitrogens with one attached hydrogen (secondary N) is 1. The molecule has 7 rings (SSSR count). The first-order chi connectivity index (χ1) is 21.6. The monoisotopic (exact) mass is 592 g/mol. The van der Waals surface area contributed by atoms with Crippen molar-refractivity contribution in [2.75, 3.05) is 43.1 Å². The van der Waals surface area contributed by atoms with Crippen LogP contribution in [0.25, 0.3) is 33.6 Å². The third-order valence-corrected chi connectivity index (χ3v) is 8.02. The number of likely N-dealkylation sites (tertiary alicyclic amines) is 1. The fourth-order valence-corrected chi connectivity index (χ4v) is 5.77. The Morgan fingerprint density at radius 1 is 0.955 bits per heavy atom. The maximum absolute atomic E-state index is 13.5. The van der Waals surface area contributed by atoms with Gasteiger partial charge >= 0.3 is 6.09 Å². The minimum Gasteiger partial charge on any atom is -0.445 e. The smallest absolute Gasteiger partial charge is 0.410 e. The lowest BCUT2D eigenvalue weighted by molar-refractivity contribution is -0.121. The summed E-state index contributed by atoms with van der Waals surface area (Å²) in [5.41, 5.74) is 3.99. The van der Waals surface area contributed by atoms with Crippen molar-refractivity contribution < 1.29 is 23.5 Å². The maximum Gasteiger partial charge on any atom is 0.410 e. The van der Waals surface area contributed by atoms with Crippen molar-refractivity contribution in [2.45, 2.75) is 31.9 Å². The Morgan fingerprint density at radius 2 is 1.82 bits per heavy atom. The number of pyridine rings is 1. The van der Waals surface area contributed by atoms with Crippen molar-refractivity contribution in [3.63, 3.8) is 0 Å². The molecule has 0 spiro atoms. The number of ether oxygens (including phenoxy) is 2. The van der Waals surface area contributed by atoms with Gasteiger partial charge in [0.25, 0.3) is 0 Å². The molecule has 2 aliphatic rings. The lowest BCUT2D eigenvalue weighted by atomic mass is 10.0. The molecule has 0 saturated carbocycles. The zero-order valence-corrected chi connectivity index (χ0v) is 24.1. The molecule has 0 bridgehead atoms. The van der Waals surface area contributed by atoms with Crippen molar-refractivity contribution in [3.8, 4) is 11.4 Å². The molecule has 1 unspecified atom stereocenters. The fraction of sp³-hybridized carbons (Fsp3) is 0.303. The van der Waals surface area contributed by atoms with E-state index in [1.54, 1.807) is 6.20 Å². The number of fused-ring (bicyclic) bond motifs is 3. The molecule has 2 aliphatic heterocycles. The average Bonchev–Trinajstić information content (AvgIpc) is 3.46. The maximum atomic E-state index is 13.5. The summed E-state index contributed by atoms with van der Waals surface area (Å²) in [6.07, 6.45) is 3.45. The van der Waals surface area contributed by atoms with Gasteiger partial charge in [0.1, 0.15) is 18.2 Å². The predicted molar refractivity (Wildman–Crippen MR) is 165 cm³/mol. The van der Waals surface area contributed by atoms with E-state index >= 15 is 0 Å². The number of furan rings is 1. The Balaban J connectivity index is 1.14. The number of nitrogens with zero attached hydrogens (tertiary/aromatic N) is 5. The first kappa shape index (κ1) is 27.8. The molecule has 2 saturated heterocycles. The molecule has 3 aromatic heterocycles. The molecule has 2 aromatic carbocycles.